The van der Waals surface area contributed by atoms with Crippen LogP contribution < -0.4 is 0 Å². The Morgan fingerprint density at radius 3 is 1.88 bits per heavy atom. The summed E-state index contributed by atoms with van der Waals surface area (Å²) in [4.78, 5) is 39.3. The first kappa shape index (κ1) is 24.1. The highest BCUT2D eigenvalue weighted by molar-refractivity contribution is 6.11. The predicted molar refractivity (Wildman–Crippen MR) is 113 cm³/mol. The summed E-state index contributed by atoms with van der Waals surface area (Å²) in [5.74, 6) is -10.5. The Hall–Kier alpha value is -4.55. The summed E-state index contributed by atoms with van der Waals surface area (Å²) >= 11 is 0. The lowest BCUT2D eigenvalue weighted by Crippen LogP contribution is -2.55. The van der Waals surface area contributed by atoms with Crippen LogP contribution in [0.25, 0.3) is 0 Å². The fourth-order valence-electron chi connectivity index (χ4n) is 4.68. The average Bonchev–Trinajstić information content (AvgIpc) is 2.87. The molecule has 0 aromatic heterocycles. The molecule has 0 N–H and O–H groups in total. The van der Waals surface area contributed by atoms with E-state index in [4.69, 9.17) is 14.7 Å². The molecule has 2 aromatic rings. The van der Waals surface area contributed by atoms with Crippen LogP contribution in [0.4, 0.5) is 4.39 Å². The number of nitriles is 3. The lowest BCUT2D eigenvalue weighted by molar-refractivity contribution is -0.162. The van der Waals surface area contributed by atoms with Gasteiger partial charge in [-0.3, -0.25) is 14.4 Å². The van der Waals surface area contributed by atoms with E-state index in [0.717, 1.165) is 20.3 Å². The third-order valence-electron chi connectivity index (χ3n) is 6.18. The van der Waals surface area contributed by atoms with Crippen LogP contribution in [0.5, 0.6) is 0 Å². The number of ether oxygens (including phenoxy) is 2. The highest BCUT2D eigenvalue weighted by atomic mass is 19.1. The highest BCUT2D eigenvalue weighted by Crippen LogP contribution is 2.58. The molecule has 0 aliphatic heterocycles. The second kappa shape index (κ2) is 9.52. The first-order valence-corrected chi connectivity index (χ1v) is 10.1. The molecule has 9 heteroatoms. The molecule has 0 heterocycles. The summed E-state index contributed by atoms with van der Waals surface area (Å²) in [6.07, 6.45) is 0. The van der Waals surface area contributed by atoms with Gasteiger partial charge in [-0.1, -0.05) is 30.3 Å². The predicted octanol–water partition coefficient (Wildman–Crippen LogP) is 2.76. The smallest absolute Gasteiger partial charge is 0.316 e. The average molecular weight is 459 g/mol. The number of halogens is 1. The summed E-state index contributed by atoms with van der Waals surface area (Å²) in [5.41, 5.74) is -2.01. The fourth-order valence-corrected chi connectivity index (χ4v) is 4.68. The van der Waals surface area contributed by atoms with Gasteiger partial charge in [0.15, 0.2) is 11.2 Å². The quantitative estimate of drug-likeness (QED) is 0.502. The van der Waals surface area contributed by atoms with E-state index in [9.17, 15) is 29.3 Å². The van der Waals surface area contributed by atoms with Crippen LogP contribution in [0.15, 0.2) is 48.5 Å². The molecule has 1 aliphatic rings. The Bertz CT molecular complexity index is 1260. The van der Waals surface area contributed by atoms with Crippen LogP contribution in [-0.2, 0) is 23.9 Å². The normalized spacial score (nSPS) is 23.0. The van der Waals surface area contributed by atoms with Crippen LogP contribution in [0.3, 0.4) is 0 Å². The summed E-state index contributed by atoms with van der Waals surface area (Å²) in [6.45, 7) is 0. The monoisotopic (exact) mass is 459 g/mol. The van der Waals surface area contributed by atoms with Crippen molar-refractivity contribution in [3.8, 4) is 18.2 Å². The van der Waals surface area contributed by atoms with Gasteiger partial charge in [-0.25, -0.2) is 4.39 Å². The van der Waals surface area contributed by atoms with Crippen molar-refractivity contribution < 1.29 is 28.2 Å². The Balaban J connectivity index is 2.43. The van der Waals surface area contributed by atoms with Crippen LogP contribution in [0.2, 0.25) is 0 Å². The van der Waals surface area contributed by atoms with Crippen molar-refractivity contribution in [1.29, 1.82) is 15.8 Å². The standard InChI is InChI=1S/C25H18FN3O5/c1-33-23(31)18-20(15-9-7-14(11-27)8-10-15)25(12-28,13-29)21(16-5-3-4-6-17(16)26)19(22(18)30)24(32)34-2/h3-10,18-21H,1-2H3. The number of ketones is 1. The van der Waals surface area contributed by atoms with Gasteiger partial charge in [0, 0.05) is 11.8 Å². The van der Waals surface area contributed by atoms with E-state index in [1.807, 2.05) is 18.2 Å². The molecule has 1 aliphatic carbocycles. The summed E-state index contributed by atoms with van der Waals surface area (Å²) in [7, 11) is 2.04. The number of carbonyl (C=O) groups is 3. The van der Waals surface area contributed by atoms with Gasteiger partial charge in [-0.2, -0.15) is 15.8 Å². The molecule has 4 atom stereocenters. The largest absolute Gasteiger partial charge is 0.468 e. The molecule has 8 nitrogen and oxygen atoms in total. The number of carbonyl (C=O) groups excluding carboxylic acids is 3. The number of Topliss-reactive ketones (excluding diaryl/α,β-unsaturated/α-hetero) is 1. The van der Waals surface area contributed by atoms with Crippen molar-refractivity contribution in [3.05, 3.63) is 71.0 Å². The maximum Gasteiger partial charge on any atom is 0.316 e. The number of rotatable bonds is 4. The molecule has 0 amide bonds. The van der Waals surface area contributed by atoms with E-state index in [1.165, 1.54) is 42.5 Å². The molecular weight excluding hydrogens is 441 g/mol. The van der Waals surface area contributed by atoms with Crippen molar-refractivity contribution in [2.24, 2.45) is 17.3 Å². The molecule has 1 fully saturated rings. The summed E-state index contributed by atoms with van der Waals surface area (Å²) in [5, 5.41) is 29.9. The third-order valence-corrected chi connectivity index (χ3v) is 6.18. The van der Waals surface area contributed by atoms with Crippen LogP contribution >= 0.6 is 0 Å². The maximum atomic E-state index is 15.0. The van der Waals surface area contributed by atoms with Gasteiger partial charge in [-0.15, -0.1) is 0 Å². The Morgan fingerprint density at radius 1 is 0.882 bits per heavy atom. The molecule has 2 aromatic carbocycles. The number of hydrogen-bond acceptors (Lipinski definition) is 8. The molecule has 3 rings (SSSR count). The number of benzene rings is 2. The van der Waals surface area contributed by atoms with Gasteiger partial charge in [0.05, 0.1) is 38.0 Å². The number of hydrogen-bond donors (Lipinski definition) is 0. The zero-order valence-corrected chi connectivity index (χ0v) is 18.2. The number of nitrogens with zero attached hydrogens (tertiary/aromatic N) is 3. The van der Waals surface area contributed by atoms with Crippen molar-refractivity contribution in [2.75, 3.05) is 14.2 Å². The first-order valence-electron chi connectivity index (χ1n) is 10.1. The van der Waals surface area contributed by atoms with Gasteiger partial charge < -0.3 is 9.47 Å². The molecule has 1 saturated carbocycles. The van der Waals surface area contributed by atoms with Crippen molar-refractivity contribution >= 4 is 17.7 Å². The van der Waals surface area contributed by atoms with Gasteiger partial charge >= 0.3 is 11.9 Å². The highest BCUT2D eigenvalue weighted by Gasteiger charge is 2.66. The molecule has 0 spiro atoms. The molecule has 0 bridgehead atoms. The Labute approximate surface area is 194 Å². The zero-order valence-electron chi connectivity index (χ0n) is 18.2. The maximum absolute atomic E-state index is 15.0. The van der Waals surface area contributed by atoms with Gasteiger partial charge in [0.1, 0.15) is 17.7 Å². The molecule has 0 radical (unpaired) electrons. The van der Waals surface area contributed by atoms with E-state index in [0.29, 0.717) is 0 Å². The minimum absolute atomic E-state index is 0.204. The Morgan fingerprint density at radius 2 is 1.41 bits per heavy atom. The number of esters is 2. The van der Waals surface area contributed by atoms with Crippen LogP contribution in [0, 0.1) is 57.1 Å². The van der Waals surface area contributed by atoms with Crippen LogP contribution in [0.1, 0.15) is 28.5 Å². The van der Waals surface area contributed by atoms with Gasteiger partial charge in [-0.05, 0) is 29.3 Å². The first-order chi connectivity index (χ1) is 16.3. The van der Waals surface area contributed by atoms with Gasteiger partial charge in [0.2, 0.25) is 0 Å². The lowest BCUT2D eigenvalue weighted by atomic mass is 9.50. The summed E-state index contributed by atoms with van der Waals surface area (Å²) in [6, 6.07) is 16.5. The summed E-state index contributed by atoms with van der Waals surface area (Å²) < 4.78 is 24.6. The van der Waals surface area contributed by atoms with E-state index < -0.39 is 52.6 Å². The van der Waals surface area contributed by atoms with Crippen LogP contribution in [-0.4, -0.2) is 31.9 Å². The second-order valence-electron chi connectivity index (χ2n) is 7.71. The van der Waals surface area contributed by atoms with E-state index in [1.54, 1.807) is 0 Å². The van der Waals surface area contributed by atoms with E-state index in [2.05, 4.69) is 0 Å². The minimum Gasteiger partial charge on any atom is -0.468 e. The number of methoxy groups -OCH3 is 2. The molecule has 4 unspecified atom stereocenters. The zero-order chi connectivity index (χ0) is 25.0. The van der Waals surface area contributed by atoms with E-state index in [-0.39, 0.29) is 16.7 Å². The molecule has 0 saturated heterocycles. The topological polar surface area (TPSA) is 141 Å². The molecule has 170 valence electrons. The Kier molecular flexibility index (Phi) is 6.75. The fraction of sp³-hybridized carbons (Fsp3) is 0.280. The third kappa shape index (κ3) is 3.66. The molecular formula is C25H18FN3O5. The minimum atomic E-state index is -2.26. The lowest BCUT2D eigenvalue weighted by Gasteiger charge is -2.46. The SMILES string of the molecule is COC(=O)C1C(=O)C(C(=O)OC)C(c2ccccc2F)C(C#N)(C#N)C1c1ccc(C#N)cc1. The molecule has 34 heavy (non-hydrogen) atoms. The van der Waals surface area contributed by atoms with Gasteiger partial charge in [0.25, 0.3) is 0 Å². The van der Waals surface area contributed by atoms with E-state index >= 15 is 0 Å². The second-order valence-corrected chi connectivity index (χ2v) is 7.71. The van der Waals surface area contributed by atoms with Crippen molar-refractivity contribution in [3.63, 3.8) is 0 Å². The van der Waals surface area contributed by atoms with Crippen molar-refractivity contribution in [1.82, 2.24) is 0 Å². The van der Waals surface area contributed by atoms with Crippen molar-refractivity contribution in [2.45, 2.75) is 11.8 Å².